The molecular weight excluding hydrogens is 262 g/mol. The Hall–Kier alpha value is -1.01. The number of hydrogen-bond donors (Lipinski definition) is 0. The lowest BCUT2D eigenvalue weighted by Gasteiger charge is -2.23. The van der Waals surface area contributed by atoms with Gasteiger partial charge in [0.15, 0.2) is 0 Å². The molecule has 19 heavy (non-hydrogen) atoms. The summed E-state index contributed by atoms with van der Waals surface area (Å²) in [6, 6.07) is 0.593. The second-order valence-corrected chi connectivity index (χ2v) is 5.93. The van der Waals surface area contributed by atoms with Gasteiger partial charge in [0.1, 0.15) is 5.56 Å². The van der Waals surface area contributed by atoms with Crippen LogP contribution in [0.5, 0.6) is 0 Å². The predicted molar refractivity (Wildman–Crippen MR) is 76.4 cm³/mol. The van der Waals surface area contributed by atoms with E-state index >= 15 is 0 Å². The lowest BCUT2D eigenvalue weighted by molar-refractivity contribution is 0.0523. The Morgan fingerprint density at radius 1 is 1.68 bits per heavy atom. The van der Waals surface area contributed by atoms with Gasteiger partial charge in [-0.25, -0.2) is 4.79 Å². The first-order valence-corrected chi connectivity index (χ1v) is 7.75. The van der Waals surface area contributed by atoms with Crippen molar-refractivity contribution in [2.75, 3.05) is 25.2 Å². The molecule has 2 rings (SSSR count). The largest absolute Gasteiger partial charge is 0.462 e. The van der Waals surface area contributed by atoms with Crippen LogP contribution in [-0.4, -0.2) is 51.9 Å². The Balaban J connectivity index is 2.10. The summed E-state index contributed by atoms with van der Waals surface area (Å²) in [6.07, 6.45) is 2.82. The zero-order valence-electron chi connectivity index (χ0n) is 11.8. The van der Waals surface area contributed by atoms with E-state index in [2.05, 4.69) is 17.0 Å². The summed E-state index contributed by atoms with van der Waals surface area (Å²) in [5.41, 5.74) is 1.51. The first kappa shape index (κ1) is 14.4. The number of nitrogens with zero attached hydrogens (tertiary/aromatic N) is 3. The van der Waals surface area contributed by atoms with E-state index in [4.69, 9.17) is 4.74 Å². The third kappa shape index (κ3) is 3.30. The van der Waals surface area contributed by atoms with Crippen LogP contribution in [-0.2, 0) is 18.3 Å². The molecule has 1 saturated heterocycles. The van der Waals surface area contributed by atoms with Crippen molar-refractivity contribution in [3.8, 4) is 0 Å². The smallest absolute Gasteiger partial charge is 0.341 e. The number of esters is 1. The van der Waals surface area contributed by atoms with E-state index in [1.54, 1.807) is 10.9 Å². The predicted octanol–water partition coefficient (Wildman–Crippen LogP) is 1.53. The minimum atomic E-state index is -0.278. The quantitative estimate of drug-likeness (QED) is 0.767. The van der Waals surface area contributed by atoms with Gasteiger partial charge >= 0.3 is 5.97 Å². The summed E-state index contributed by atoms with van der Waals surface area (Å²) in [5.74, 6) is 2.12. The van der Waals surface area contributed by atoms with Crippen LogP contribution >= 0.6 is 11.8 Å². The average molecular weight is 283 g/mol. The van der Waals surface area contributed by atoms with E-state index in [9.17, 15) is 4.79 Å². The Morgan fingerprint density at radius 2 is 2.47 bits per heavy atom. The van der Waals surface area contributed by atoms with E-state index in [1.165, 1.54) is 17.9 Å². The molecule has 0 bridgehead atoms. The highest BCUT2D eigenvalue weighted by Crippen LogP contribution is 2.23. The van der Waals surface area contributed by atoms with Crippen molar-refractivity contribution < 1.29 is 9.53 Å². The van der Waals surface area contributed by atoms with Gasteiger partial charge in [-0.1, -0.05) is 0 Å². The van der Waals surface area contributed by atoms with Gasteiger partial charge in [0, 0.05) is 25.4 Å². The molecule has 2 heterocycles. The molecule has 1 unspecified atom stereocenters. The molecule has 1 atom stereocenters. The van der Waals surface area contributed by atoms with Crippen molar-refractivity contribution in [3.63, 3.8) is 0 Å². The Kier molecular flexibility index (Phi) is 4.87. The molecule has 1 aromatic rings. The van der Waals surface area contributed by atoms with Crippen LogP contribution in [0.1, 0.15) is 29.4 Å². The first-order valence-electron chi connectivity index (χ1n) is 6.59. The van der Waals surface area contributed by atoms with E-state index < -0.39 is 0 Å². The Labute approximate surface area is 118 Å². The summed E-state index contributed by atoms with van der Waals surface area (Å²) in [7, 11) is 3.98. The lowest BCUT2D eigenvalue weighted by atomic mass is 10.2. The molecule has 1 aliphatic rings. The van der Waals surface area contributed by atoms with Gasteiger partial charge in [-0.05, 0) is 26.1 Å². The van der Waals surface area contributed by atoms with E-state index in [0.717, 1.165) is 12.2 Å². The van der Waals surface area contributed by atoms with Crippen molar-refractivity contribution in [1.82, 2.24) is 14.7 Å². The Morgan fingerprint density at radius 3 is 3.11 bits per heavy atom. The van der Waals surface area contributed by atoms with Crippen LogP contribution < -0.4 is 0 Å². The molecule has 0 amide bonds. The van der Waals surface area contributed by atoms with E-state index in [-0.39, 0.29) is 5.97 Å². The Bertz CT molecular complexity index is 441. The molecule has 0 aromatic carbocycles. The summed E-state index contributed by atoms with van der Waals surface area (Å²) >= 11 is 1.99. The fourth-order valence-electron chi connectivity index (χ4n) is 2.26. The van der Waals surface area contributed by atoms with Crippen LogP contribution in [0.4, 0.5) is 0 Å². The zero-order valence-corrected chi connectivity index (χ0v) is 12.6. The van der Waals surface area contributed by atoms with Crippen molar-refractivity contribution in [3.05, 3.63) is 17.5 Å². The monoisotopic (exact) mass is 283 g/mol. The minimum absolute atomic E-state index is 0.278. The molecule has 0 radical (unpaired) electrons. The number of ether oxygens (including phenoxy) is 1. The molecule has 5 nitrogen and oxygen atoms in total. The molecule has 6 heteroatoms. The van der Waals surface area contributed by atoms with Crippen LogP contribution in [0, 0.1) is 0 Å². The summed E-state index contributed by atoms with van der Waals surface area (Å²) in [6.45, 7) is 2.94. The van der Waals surface area contributed by atoms with Crippen molar-refractivity contribution in [2.24, 2.45) is 7.05 Å². The number of aromatic nitrogens is 2. The highest BCUT2D eigenvalue weighted by atomic mass is 32.2. The van der Waals surface area contributed by atoms with Gasteiger partial charge in [0.2, 0.25) is 0 Å². The number of carbonyl (C=O) groups excluding carboxylic acids is 1. The molecule has 1 aromatic heterocycles. The summed E-state index contributed by atoms with van der Waals surface area (Å²) in [5, 5.41) is 4.18. The molecule has 0 spiro atoms. The van der Waals surface area contributed by atoms with E-state index in [1.807, 2.05) is 25.7 Å². The maximum absolute atomic E-state index is 11.9. The van der Waals surface area contributed by atoms with Gasteiger partial charge in [-0.2, -0.15) is 16.9 Å². The van der Waals surface area contributed by atoms with Gasteiger partial charge in [-0.15, -0.1) is 0 Å². The maximum Gasteiger partial charge on any atom is 0.341 e. The number of thioether (sulfide) groups is 1. The molecule has 0 saturated carbocycles. The normalized spacial score (nSPS) is 19.1. The fourth-order valence-corrected chi connectivity index (χ4v) is 3.56. The fraction of sp³-hybridized carbons (Fsp3) is 0.692. The lowest BCUT2D eigenvalue weighted by Crippen LogP contribution is -2.32. The minimum Gasteiger partial charge on any atom is -0.462 e. The highest BCUT2D eigenvalue weighted by Gasteiger charge is 2.24. The van der Waals surface area contributed by atoms with E-state index in [0.29, 0.717) is 18.2 Å². The summed E-state index contributed by atoms with van der Waals surface area (Å²) in [4.78, 5) is 14.2. The molecule has 106 valence electrons. The van der Waals surface area contributed by atoms with Crippen molar-refractivity contribution in [2.45, 2.75) is 25.9 Å². The number of carbonyl (C=O) groups is 1. The molecule has 0 N–H and O–H groups in total. The third-order valence-corrected chi connectivity index (χ3v) is 4.63. The molecule has 1 aliphatic heterocycles. The van der Waals surface area contributed by atoms with Gasteiger partial charge < -0.3 is 4.74 Å². The van der Waals surface area contributed by atoms with Crippen LogP contribution in [0.2, 0.25) is 0 Å². The second kappa shape index (κ2) is 6.43. The van der Waals surface area contributed by atoms with Crippen molar-refractivity contribution >= 4 is 17.7 Å². The van der Waals surface area contributed by atoms with Crippen LogP contribution in [0.3, 0.4) is 0 Å². The van der Waals surface area contributed by atoms with Gasteiger partial charge in [0.05, 0.1) is 18.5 Å². The number of hydrogen-bond acceptors (Lipinski definition) is 5. The zero-order chi connectivity index (χ0) is 13.8. The third-order valence-electron chi connectivity index (χ3n) is 3.49. The molecule has 1 fully saturated rings. The maximum atomic E-state index is 11.9. The highest BCUT2D eigenvalue weighted by molar-refractivity contribution is 7.99. The molecular formula is C13H21N3O2S. The average Bonchev–Trinajstić information content (AvgIpc) is 3.01. The van der Waals surface area contributed by atoms with Crippen LogP contribution in [0.25, 0.3) is 0 Å². The summed E-state index contributed by atoms with van der Waals surface area (Å²) < 4.78 is 6.84. The van der Waals surface area contributed by atoms with Crippen LogP contribution in [0.15, 0.2) is 6.20 Å². The van der Waals surface area contributed by atoms with Gasteiger partial charge in [-0.3, -0.25) is 9.58 Å². The standard InChI is InChI=1S/C13H21N3O2S/c1-4-18-13(17)11-7-14-16(3)12(11)8-15(2)10-5-6-19-9-10/h7,10H,4-6,8-9H2,1-3H3. The number of rotatable bonds is 5. The number of aryl methyl sites for hydroxylation is 1. The first-order chi connectivity index (χ1) is 9.13. The molecule has 0 aliphatic carbocycles. The second-order valence-electron chi connectivity index (χ2n) is 4.78. The van der Waals surface area contributed by atoms with Gasteiger partial charge in [0.25, 0.3) is 0 Å². The SMILES string of the molecule is CCOC(=O)c1cnn(C)c1CN(C)C1CCSC1. The topological polar surface area (TPSA) is 47.4 Å². The van der Waals surface area contributed by atoms with Crippen molar-refractivity contribution in [1.29, 1.82) is 0 Å².